The van der Waals surface area contributed by atoms with E-state index in [1.807, 2.05) is 13.8 Å². The number of carbonyl (C=O) groups is 1. The summed E-state index contributed by atoms with van der Waals surface area (Å²) in [4.78, 5) is 11.7. The molecule has 0 heterocycles. The SMILES string of the molecule is CC1(C)C(O)CC1NC(=O)C1(C#N)CC1. The number of hydrogen-bond acceptors (Lipinski definition) is 3. The van der Waals surface area contributed by atoms with Gasteiger partial charge in [-0.15, -0.1) is 0 Å². The van der Waals surface area contributed by atoms with Crippen molar-refractivity contribution in [3.63, 3.8) is 0 Å². The number of aliphatic hydroxyl groups is 1. The van der Waals surface area contributed by atoms with Crippen molar-refractivity contribution < 1.29 is 9.90 Å². The smallest absolute Gasteiger partial charge is 0.240 e. The molecule has 15 heavy (non-hydrogen) atoms. The number of nitrogens with one attached hydrogen (secondary N) is 1. The maximum absolute atomic E-state index is 11.7. The minimum atomic E-state index is -0.753. The van der Waals surface area contributed by atoms with Gasteiger partial charge in [0.2, 0.25) is 5.91 Å². The summed E-state index contributed by atoms with van der Waals surface area (Å²) < 4.78 is 0. The van der Waals surface area contributed by atoms with E-state index in [2.05, 4.69) is 11.4 Å². The molecular formula is C11H16N2O2. The van der Waals surface area contributed by atoms with Crippen molar-refractivity contribution >= 4 is 5.91 Å². The molecule has 4 nitrogen and oxygen atoms in total. The van der Waals surface area contributed by atoms with E-state index >= 15 is 0 Å². The first kappa shape index (κ1) is 10.4. The molecular weight excluding hydrogens is 192 g/mol. The maximum Gasteiger partial charge on any atom is 0.240 e. The fraction of sp³-hybridized carbons (Fsp3) is 0.818. The molecule has 0 radical (unpaired) electrons. The van der Waals surface area contributed by atoms with Crippen molar-refractivity contribution in [2.45, 2.75) is 45.3 Å². The second kappa shape index (κ2) is 2.96. The number of rotatable bonds is 2. The first-order valence-electron chi connectivity index (χ1n) is 5.33. The normalized spacial score (nSPS) is 34.8. The molecule has 2 aliphatic rings. The number of amides is 1. The monoisotopic (exact) mass is 208 g/mol. The van der Waals surface area contributed by atoms with Crippen LogP contribution in [0.15, 0.2) is 0 Å². The fourth-order valence-electron chi connectivity index (χ4n) is 1.96. The molecule has 2 saturated carbocycles. The predicted octanol–water partition coefficient (Wildman–Crippen LogP) is 0.566. The Bertz CT molecular complexity index is 339. The van der Waals surface area contributed by atoms with Gasteiger partial charge in [-0.25, -0.2) is 0 Å². The zero-order valence-electron chi connectivity index (χ0n) is 9.08. The fourth-order valence-corrected chi connectivity index (χ4v) is 1.96. The highest BCUT2D eigenvalue weighted by Gasteiger charge is 2.54. The second-order valence-electron chi connectivity index (χ2n) is 5.29. The van der Waals surface area contributed by atoms with Crippen molar-refractivity contribution in [2.24, 2.45) is 10.8 Å². The molecule has 2 aliphatic carbocycles. The minimum absolute atomic E-state index is 0.00539. The van der Waals surface area contributed by atoms with Gasteiger partial charge >= 0.3 is 0 Å². The average molecular weight is 208 g/mol. The van der Waals surface area contributed by atoms with Crippen LogP contribution in [0.5, 0.6) is 0 Å². The van der Waals surface area contributed by atoms with E-state index in [9.17, 15) is 9.90 Å². The number of aliphatic hydroxyl groups excluding tert-OH is 1. The van der Waals surface area contributed by atoms with Gasteiger partial charge in [0.05, 0.1) is 12.2 Å². The Balaban J connectivity index is 1.95. The van der Waals surface area contributed by atoms with Crippen molar-refractivity contribution in [3.05, 3.63) is 0 Å². The molecule has 2 N–H and O–H groups in total. The standard InChI is InChI=1S/C11H16N2O2/c1-10(2)7(5-8(10)14)13-9(15)11(6-12)3-4-11/h7-8,14H,3-5H2,1-2H3,(H,13,15). The summed E-state index contributed by atoms with van der Waals surface area (Å²) in [6.45, 7) is 3.86. The van der Waals surface area contributed by atoms with Crippen LogP contribution >= 0.6 is 0 Å². The Labute approximate surface area is 89.3 Å². The number of nitrogens with zero attached hydrogens (tertiary/aromatic N) is 1. The highest BCUT2D eigenvalue weighted by Crippen LogP contribution is 2.47. The zero-order chi connectivity index (χ0) is 11.3. The van der Waals surface area contributed by atoms with Gasteiger partial charge in [-0.05, 0) is 19.3 Å². The van der Waals surface area contributed by atoms with Crippen molar-refractivity contribution in [3.8, 4) is 6.07 Å². The Morgan fingerprint density at radius 3 is 2.47 bits per heavy atom. The topological polar surface area (TPSA) is 73.1 Å². The molecule has 2 fully saturated rings. The highest BCUT2D eigenvalue weighted by atomic mass is 16.3. The summed E-state index contributed by atoms with van der Waals surface area (Å²) in [5, 5.41) is 21.2. The van der Waals surface area contributed by atoms with E-state index in [0.29, 0.717) is 19.3 Å². The third-order valence-electron chi connectivity index (χ3n) is 3.92. The quantitative estimate of drug-likeness (QED) is 0.696. The van der Waals surface area contributed by atoms with E-state index < -0.39 is 5.41 Å². The molecule has 82 valence electrons. The van der Waals surface area contributed by atoms with E-state index in [0.717, 1.165) is 0 Å². The molecule has 0 saturated heterocycles. The summed E-state index contributed by atoms with van der Waals surface area (Å²) in [5.41, 5.74) is -1.02. The van der Waals surface area contributed by atoms with E-state index in [4.69, 9.17) is 5.26 Å². The first-order chi connectivity index (χ1) is 6.92. The lowest BCUT2D eigenvalue weighted by molar-refractivity contribution is -0.132. The summed E-state index contributed by atoms with van der Waals surface area (Å²) in [6.07, 6.45) is 1.59. The number of carbonyl (C=O) groups excluding carboxylic acids is 1. The van der Waals surface area contributed by atoms with Crippen molar-refractivity contribution in [1.29, 1.82) is 5.26 Å². The van der Waals surface area contributed by atoms with Crippen LogP contribution in [0.2, 0.25) is 0 Å². The average Bonchev–Trinajstić information content (AvgIpc) is 2.98. The van der Waals surface area contributed by atoms with Crippen LogP contribution in [0.25, 0.3) is 0 Å². The largest absolute Gasteiger partial charge is 0.392 e. The van der Waals surface area contributed by atoms with Crippen molar-refractivity contribution in [2.75, 3.05) is 0 Å². The van der Waals surface area contributed by atoms with Crippen LogP contribution in [0, 0.1) is 22.2 Å². The van der Waals surface area contributed by atoms with Gasteiger partial charge in [-0.1, -0.05) is 13.8 Å². The molecule has 0 aliphatic heterocycles. The molecule has 0 aromatic carbocycles. The number of hydrogen-bond donors (Lipinski definition) is 2. The Hall–Kier alpha value is -1.08. The Morgan fingerprint density at radius 2 is 2.13 bits per heavy atom. The molecule has 2 unspecified atom stereocenters. The van der Waals surface area contributed by atoms with Gasteiger partial charge in [0.25, 0.3) is 0 Å². The van der Waals surface area contributed by atoms with Crippen molar-refractivity contribution in [1.82, 2.24) is 5.32 Å². The minimum Gasteiger partial charge on any atom is -0.392 e. The molecule has 2 rings (SSSR count). The van der Waals surface area contributed by atoms with Gasteiger partial charge in [-0.2, -0.15) is 5.26 Å². The zero-order valence-corrected chi connectivity index (χ0v) is 9.08. The van der Waals surface area contributed by atoms with Gasteiger partial charge in [-0.3, -0.25) is 4.79 Å². The van der Waals surface area contributed by atoms with Crippen LogP contribution in [-0.2, 0) is 4.79 Å². The first-order valence-corrected chi connectivity index (χ1v) is 5.33. The molecule has 0 bridgehead atoms. The third kappa shape index (κ3) is 1.42. The highest BCUT2D eigenvalue weighted by molar-refractivity contribution is 5.88. The molecule has 0 aromatic heterocycles. The van der Waals surface area contributed by atoms with E-state index in [1.54, 1.807) is 0 Å². The molecule has 2 atom stereocenters. The number of nitriles is 1. The van der Waals surface area contributed by atoms with E-state index in [1.165, 1.54) is 0 Å². The lowest BCUT2D eigenvalue weighted by Gasteiger charge is -2.49. The second-order valence-corrected chi connectivity index (χ2v) is 5.29. The van der Waals surface area contributed by atoms with Gasteiger partial charge in [0.15, 0.2) is 0 Å². The lowest BCUT2D eigenvalue weighted by Crippen LogP contribution is -2.62. The maximum atomic E-state index is 11.7. The van der Waals surface area contributed by atoms with Crippen LogP contribution in [0.4, 0.5) is 0 Å². The van der Waals surface area contributed by atoms with Gasteiger partial charge in [0.1, 0.15) is 5.41 Å². The van der Waals surface area contributed by atoms with Gasteiger partial charge < -0.3 is 10.4 Å². The van der Waals surface area contributed by atoms with Crippen LogP contribution in [0.1, 0.15) is 33.1 Å². The summed E-state index contributed by atoms with van der Waals surface area (Å²) in [7, 11) is 0. The summed E-state index contributed by atoms with van der Waals surface area (Å²) >= 11 is 0. The van der Waals surface area contributed by atoms with Gasteiger partial charge in [0, 0.05) is 11.5 Å². The van der Waals surface area contributed by atoms with Crippen LogP contribution in [-0.4, -0.2) is 23.2 Å². The Morgan fingerprint density at radius 1 is 1.53 bits per heavy atom. The van der Waals surface area contributed by atoms with Crippen LogP contribution < -0.4 is 5.32 Å². The third-order valence-corrected chi connectivity index (χ3v) is 3.92. The molecule has 0 spiro atoms. The Kier molecular flexibility index (Phi) is 2.06. The lowest BCUT2D eigenvalue weighted by atomic mass is 9.64. The summed E-state index contributed by atoms with van der Waals surface area (Å²) in [6, 6.07) is 2.08. The van der Waals surface area contributed by atoms with Crippen LogP contribution in [0.3, 0.4) is 0 Å². The molecule has 4 heteroatoms. The van der Waals surface area contributed by atoms with E-state index in [-0.39, 0.29) is 23.5 Å². The predicted molar refractivity (Wildman–Crippen MR) is 53.6 cm³/mol. The molecule has 0 aromatic rings. The summed E-state index contributed by atoms with van der Waals surface area (Å²) in [5.74, 6) is -0.157. The molecule has 1 amide bonds.